The summed E-state index contributed by atoms with van der Waals surface area (Å²) in [6.45, 7) is 4.77. The van der Waals surface area contributed by atoms with Gasteiger partial charge in [-0.1, -0.05) is 164 Å². The van der Waals surface area contributed by atoms with Gasteiger partial charge in [0.05, 0.1) is 19.8 Å². The minimum absolute atomic E-state index is 0.0951. The maximum atomic E-state index is 12.6. The maximum absolute atomic E-state index is 12.6. The van der Waals surface area contributed by atoms with E-state index in [4.69, 9.17) is 24.3 Å². The molecule has 8 nitrogen and oxygen atoms in total. The molecule has 0 aliphatic rings. The number of unbranched alkanes of at least 4 members (excludes halogenated alkanes) is 16. The second-order valence-electron chi connectivity index (χ2n) is 13.5. The van der Waals surface area contributed by atoms with E-state index < -0.39 is 13.9 Å². The standard InChI is InChI=1S/C43H78NO7P/c1-3-5-7-9-11-13-15-17-18-19-20-21-22-23-24-25-26-28-30-32-34-36-43(45)51-42(41-50-52(46,47)49-39-37-44)40-48-38-35-33-31-29-27-16-14-12-10-8-6-4-2/h5,7,11,13,17-18,20-21,23-24,42H,3-4,6,8-10,12,14-16,19,22,25-41,44H2,1-2H3,(H,46,47)/b7-5-,13-11-,18-17-,21-20-,24-23-. The van der Waals surface area contributed by atoms with Crippen molar-refractivity contribution < 1.29 is 32.8 Å². The van der Waals surface area contributed by atoms with Gasteiger partial charge in [-0.3, -0.25) is 13.8 Å². The van der Waals surface area contributed by atoms with E-state index >= 15 is 0 Å². The van der Waals surface area contributed by atoms with Crippen LogP contribution in [0.25, 0.3) is 0 Å². The highest BCUT2D eigenvalue weighted by atomic mass is 31.2. The molecule has 0 fully saturated rings. The fourth-order valence-electron chi connectivity index (χ4n) is 5.43. The number of phosphoric ester groups is 1. The van der Waals surface area contributed by atoms with Gasteiger partial charge in [-0.2, -0.15) is 0 Å². The molecule has 0 aromatic heterocycles. The summed E-state index contributed by atoms with van der Waals surface area (Å²) in [4.78, 5) is 22.4. The van der Waals surface area contributed by atoms with Crippen molar-refractivity contribution >= 4 is 13.8 Å². The van der Waals surface area contributed by atoms with E-state index in [0.29, 0.717) is 13.0 Å². The van der Waals surface area contributed by atoms with Gasteiger partial charge in [0.25, 0.3) is 0 Å². The van der Waals surface area contributed by atoms with E-state index in [1.54, 1.807) is 0 Å². The topological polar surface area (TPSA) is 117 Å². The zero-order valence-electron chi connectivity index (χ0n) is 33.3. The Morgan fingerprint density at radius 3 is 1.62 bits per heavy atom. The Kier molecular flexibility index (Phi) is 39.0. The molecule has 2 atom stereocenters. The quantitative estimate of drug-likeness (QED) is 0.0276. The summed E-state index contributed by atoms with van der Waals surface area (Å²) < 4.78 is 33.3. The number of esters is 1. The first-order valence-electron chi connectivity index (χ1n) is 20.8. The highest BCUT2D eigenvalue weighted by Crippen LogP contribution is 2.43. The molecule has 3 N–H and O–H groups in total. The number of nitrogens with two attached hydrogens (primary N) is 1. The third-order valence-corrected chi connectivity index (χ3v) is 9.43. The molecule has 0 aromatic carbocycles. The second-order valence-corrected chi connectivity index (χ2v) is 14.9. The Balaban J connectivity index is 4.09. The smallest absolute Gasteiger partial charge is 0.457 e. The monoisotopic (exact) mass is 752 g/mol. The number of allylic oxidation sites excluding steroid dienone is 10. The first kappa shape index (κ1) is 50.2. The molecule has 9 heteroatoms. The molecule has 0 aliphatic carbocycles. The predicted octanol–water partition coefficient (Wildman–Crippen LogP) is 12.2. The van der Waals surface area contributed by atoms with Crippen molar-refractivity contribution in [2.45, 2.75) is 174 Å². The first-order valence-corrected chi connectivity index (χ1v) is 22.3. The summed E-state index contributed by atoms with van der Waals surface area (Å²) in [5.41, 5.74) is 5.36. The van der Waals surface area contributed by atoms with Crippen LogP contribution in [0.1, 0.15) is 168 Å². The lowest BCUT2D eigenvalue weighted by molar-refractivity contribution is -0.154. The summed E-state index contributed by atoms with van der Waals surface area (Å²) in [7, 11) is -4.28. The minimum atomic E-state index is -4.28. The molecule has 0 spiro atoms. The Morgan fingerprint density at radius 2 is 1.08 bits per heavy atom. The van der Waals surface area contributed by atoms with Gasteiger partial charge in [0.1, 0.15) is 6.10 Å². The van der Waals surface area contributed by atoms with Gasteiger partial charge < -0.3 is 20.1 Å². The molecule has 0 amide bonds. The van der Waals surface area contributed by atoms with Crippen molar-refractivity contribution in [3.05, 3.63) is 60.8 Å². The number of hydrogen-bond acceptors (Lipinski definition) is 7. The zero-order valence-corrected chi connectivity index (χ0v) is 34.2. The first-order chi connectivity index (χ1) is 25.4. The van der Waals surface area contributed by atoms with E-state index in [2.05, 4.69) is 74.6 Å². The number of phosphoric acid groups is 1. The number of ether oxygens (including phenoxy) is 2. The average molecular weight is 752 g/mol. The Bertz CT molecular complexity index is 979. The van der Waals surface area contributed by atoms with E-state index in [9.17, 15) is 14.3 Å². The molecule has 0 heterocycles. The van der Waals surface area contributed by atoms with Crippen molar-refractivity contribution in [2.75, 3.05) is 33.0 Å². The molecule has 0 saturated heterocycles. The normalized spacial score (nSPS) is 14.2. The van der Waals surface area contributed by atoms with E-state index in [1.807, 2.05) is 0 Å². The van der Waals surface area contributed by atoms with Crippen LogP contribution in [-0.2, 0) is 27.9 Å². The van der Waals surface area contributed by atoms with Crippen molar-refractivity contribution in [2.24, 2.45) is 5.73 Å². The van der Waals surface area contributed by atoms with Crippen molar-refractivity contribution in [1.29, 1.82) is 0 Å². The van der Waals surface area contributed by atoms with Crippen LogP contribution in [-0.4, -0.2) is 49.9 Å². The molecule has 0 saturated carbocycles. The van der Waals surface area contributed by atoms with E-state index in [0.717, 1.165) is 83.5 Å². The van der Waals surface area contributed by atoms with Gasteiger partial charge in [0.2, 0.25) is 0 Å². The summed E-state index contributed by atoms with van der Waals surface area (Å²) in [6.07, 6.45) is 48.0. The fraction of sp³-hybridized carbons (Fsp3) is 0.744. The number of hydrogen-bond donors (Lipinski definition) is 2. The molecule has 302 valence electrons. The average Bonchev–Trinajstić information content (AvgIpc) is 3.13. The zero-order chi connectivity index (χ0) is 38.1. The second kappa shape index (κ2) is 40.4. The van der Waals surface area contributed by atoms with Gasteiger partial charge in [0.15, 0.2) is 0 Å². The lowest BCUT2D eigenvalue weighted by Gasteiger charge is -2.20. The predicted molar refractivity (Wildman–Crippen MR) is 219 cm³/mol. The number of rotatable bonds is 39. The summed E-state index contributed by atoms with van der Waals surface area (Å²) >= 11 is 0. The SMILES string of the molecule is CC/C=C\C/C=C\C/C=C\C/C=C\C/C=C\CCCCCCCC(=O)OC(COCCCCCCCCCCCCCC)COP(=O)(O)OCCN. The van der Waals surface area contributed by atoms with Gasteiger partial charge in [0, 0.05) is 19.6 Å². The molecule has 0 radical (unpaired) electrons. The number of carbonyl (C=O) groups is 1. The minimum Gasteiger partial charge on any atom is -0.457 e. The molecular weight excluding hydrogens is 673 g/mol. The summed E-state index contributed by atoms with van der Waals surface area (Å²) in [6, 6.07) is 0. The third kappa shape index (κ3) is 39.4. The van der Waals surface area contributed by atoms with Gasteiger partial charge in [-0.05, 0) is 57.8 Å². The van der Waals surface area contributed by atoms with E-state index in [1.165, 1.54) is 64.2 Å². The Hall–Kier alpha value is -1.80. The molecular formula is C43H78NO7P. The highest BCUT2D eigenvalue weighted by molar-refractivity contribution is 7.47. The van der Waals surface area contributed by atoms with Gasteiger partial charge in [-0.25, -0.2) is 4.57 Å². The lowest BCUT2D eigenvalue weighted by Crippen LogP contribution is -2.28. The van der Waals surface area contributed by atoms with Crippen LogP contribution < -0.4 is 5.73 Å². The molecule has 2 unspecified atom stereocenters. The van der Waals surface area contributed by atoms with Gasteiger partial charge >= 0.3 is 13.8 Å². The molecule has 0 rings (SSSR count). The largest absolute Gasteiger partial charge is 0.472 e. The van der Waals surface area contributed by atoms with Crippen LogP contribution >= 0.6 is 7.82 Å². The summed E-state index contributed by atoms with van der Waals surface area (Å²) in [5.74, 6) is -0.350. The fourth-order valence-corrected chi connectivity index (χ4v) is 6.20. The van der Waals surface area contributed by atoms with Crippen molar-refractivity contribution in [3.8, 4) is 0 Å². The molecule has 0 aromatic rings. The van der Waals surface area contributed by atoms with Crippen LogP contribution in [0.15, 0.2) is 60.8 Å². The van der Waals surface area contributed by atoms with Crippen LogP contribution in [0.5, 0.6) is 0 Å². The van der Waals surface area contributed by atoms with Crippen molar-refractivity contribution in [1.82, 2.24) is 0 Å². The van der Waals surface area contributed by atoms with Gasteiger partial charge in [-0.15, -0.1) is 0 Å². The highest BCUT2D eigenvalue weighted by Gasteiger charge is 2.25. The number of carbonyl (C=O) groups excluding carboxylic acids is 1. The van der Waals surface area contributed by atoms with Crippen molar-refractivity contribution in [3.63, 3.8) is 0 Å². The van der Waals surface area contributed by atoms with Crippen LogP contribution in [0.2, 0.25) is 0 Å². The van der Waals surface area contributed by atoms with Crippen LogP contribution in [0.3, 0.4) is 0 Å². The van der Waals surface area contributed by atoms with Crippen LogP contribution in [0.4, 0.5) is 0 Å². The molecule has 52 heavy (non-hydrogen) atoms. The Labute approximate surface area is 319 Å². The molecule has 0 bridgehead atoms. The molecule has 0 aliphatic heterocycles. The summed E-state index contributed by atoms with van der Waals surface area (Å²) in [5, 5.41) is 0. The van der Waals surface area contributed by atoms with E-state index in [-0.39, 0.29) is 32.3 Å². The third-order valence-electron chi connectivity index (χ3n) is 8.45. The lowest BCUT2D eigenvalue weighted by atomic mass is 10.1. The van der Waals surface area contributed by atoms with Crippen LogP contribution in [0, 0.1) is 0 Å². The Morgan fingerprint density at radius 1 is 0.596 bits per heavy atom. The maximum Gasteiger partial charge on any atom is 0.472 e.